The largest absolute Gasteiger partial charge is 0.394 e. The minimum Gasteiger partial charge on any atom is -0.394 e. The molecule has 30 heavy (non-hydrogen) atoms. The number of amides is 1. The number of aliphatic hydroxyl groups is 1. The van der Waals surface area contributed by atoms with Crippen molar-refractivity contribution in [1.29, 1.82) is 0 Å². The van der Waals surface area contributed by atoms with Crippen molar-refractivity contribution in [3.8, 4) is 11.1 Å². The third kappa shape index (κ3) is 7.25. The molecule has 1 atom stereocenters. The Morgan fingerprint density at radius 2 is 1.57 bits per heavy atom. The quantitative estimate of drug-likeness (QED) is 0.453. The van der Waals surface area contributed by atoms with E-state index in [4.69, 9.17) is 10.8 Å². The fourth-order valence-corrected chi connectivity index (χ4v) is 2.61. The van der Waals surface area contributed by atoms with Gasteiger partial charge in [-0.2, -0.15) is 0 Å². The first-order chi connectivity index (χ1) is 14.6. The van der Waals surface area contributed by atoms with Gasteiger partial charge in [-0.25, -0.2) is 0 Å². The number of aldehydes is 1. The van der Waals surface area contributed by atoms with Gasteiger partial charge in [-0.3, -0.25) is 9.59 Å². The average Bonchev–Trinajstić information content (AvgIpc) is 2.80. The molecule has 0 spiro atoms. The van der Waals surface area contributed by atoms with Crippen LogP contribution in [0.2, 0.25) is 0 Å². The molecule has 1 unspecified atom stereocenters. The predicted octanol–water partition coefficient (Wildman–Crippen LogP) is 2.83. The third-order valence-electron chi connectivity index (χ3n) is 4.29. The predicted molar refractivity (Wildman–Crippen MR) is 120 cm³/mol. The van der Waals surface area contributed by atoms with Crippen molar-refractivity contribution in [2.24, 2.45) is 5.73 Å². The summed E-state index contributed by atoms with van der Waals surface area (Å²) in [6.45, 7) is 0.521. The van der Waals surface area contributed by atoms with Crippen LogP contribution in [0, 0.1) is 0 Å². The molecule has 0 aliphatic heterocycles. The summed E-state index contributed by atoms with van der Waals surface area (Å²) < 4.78 is 0. The van der Waals surface area contributed by atoms with Gasteiger partial charge >= 0.3 is 0 Å². The Kier molecular flexibility index (Phi) is 9.40. The van der Waals surface area contributed by atoms with Crippen LogP contribution in [0.5, 0.6) is 0 Å². The molecular weight excluding hydrogens is 378 g/mol. The monoisotopic (exact) mass is 405 g/mol. The maximum absolute atomic E-state index is 11.2. The molecule has 3 rings (SSSR count). The molecule has 0 aliphatic carbocycles. The molecule has 0 saturated carbocycles. The van der Waals surface area contributed by atoms with Gasteiger partial charge in [0.15, 0.2) is 0 Å². The molecule has 0 fully saturated rings. The normalized spacial score (nSPS) is 11.0. The smallest absolute Gasteiger partial charge is 0.243 e. The topological polar surface area (TPSA) is 104 Å². The number of rotatable bonds is 7. The highest BCUT2D eigenvalue weighted by molar-refractivity contribution is 5.95. The van der Waals surface area contributed by atoms with Gasteiger partial charge in [0.25, 0.3) is 0 Å². The highest BCUT2D eigenvalue weighted by Crippen LogP contribution is 2.19. The number of aliphatic hydroxyl groups excluding tert-OH is 1. The highest BCUT2D eigenvalue weighted by Gasteiger charge is 2.11. The van der Waals surface area contributed by atoms with Crippen LogP contribution in [0.25, 0.3) is 11.1 Å². The van der Waals surface area contributed by atoms with E-state index in [0.29, 0.717) is 17.5 Å². The number of anilines is 1. The lowest BCUT2D eigenvalue weighted by Gasteiger charge is -2.09. The number of carbonyl (C=O) groups excluding carboxylic acids is 2. The summed E-state index contributed by atoms with van der Waals surface area (Å²) in [5, 5.41) is 14.3. The molecule has 5 N–H and O–H groups in total. The molecule has 0 radical (unpaired) electrons. The molecule has 0 aromatic heterocycles. The first-order valence-corrected chi connectivity index (χ1v) is 9.59. The Balaban J connectivity index is 0.000000214. The van der Waals surface area contributed by atoms with Crippen molar-refractivity contribution < 1.29 is 14.7 Å². The minimum absolute atomic E-state index is 0.405. The molecule has 3 aromatic carbocycles. The van der Waals surface area contributed by atoms with Gasteiger partial charge < -0.3 is 21.5 Å². The Hall–Kier alpha value is -3.32. The van der Waals surface area contributed by atoms with Gasteiger partial charge in [0, 0.05) is 17.8 Å². The first-order valence-electron chi connectivity index (χ1n) is 9.59. The fourth-order valence-electron chi connectivity index (χ4n) is 2.61. The summed E-state index contributed by atoms with van der Waals surface area (Å²) in [5.74, 6) is -0.462. The molecule has 156 valence electrons. The zero-order valence-corrected chi connectivity index (χ0v) is 16.9. The van der Waals surface area contributed by atoms with Gasteiger partial charge in [-0.05, 0) is 48.0 Å². The SMILES string of the molecule is CNCc1ccc(-c2ccccc2)cc1.NC(CO)C(=O)Nc1ccc(C=O)cc1. The van der Waals surface area contributed by atoms with E-state index in [2.05, 4.69) is 59.2 Å². The lowest BCUT2D eigenvalue weighted by Crippen LogP contribution is -2.38. The van der Waals surface area contributed by atoms with Crippen molar-refractivity contribution in [2.75, 3.05) is 19.0 Å². The third-order valence-corrected chi connectivity index (χ3v) is 4.29. The van der Waals surface area contributed by atoms with Crippen LogP contribution in [0.1, 0.15) is 15.9 Å². The highest BCUT2D eigenvalue weighted by atomic mass is 16.3. The van der Waals surface area contributed by atoms with Crippen LogP contribution in [0.3, 0.4) is 0 Å². The van der Waals surface area contributed by atoms with Gasteiger partial charge in [-0.15, -0.1) is 0 Å². The van der Waals surface area contributed by atoms with Crippen LogP contribution < -0.4 is 16.4 Å². The van der Waals surface area contributed by atoms with Gasteiger partial charge in [0.1, 0.15) is 12.3 Å². The average molecular weight is 405 g/mol. The van der Waals surface area contributed by atoms with Crippen LogP contribution >= 0.6 is 0 Å². The first kappa shape index (κ1) is 23.0. The summed E-state index contributed by atoms with van der Waals surface area (Å²) in [6.07, 6.45) is 0.713. The van der Waals surface area contributed by atoms with E-state index < -0.39 is 18.6 Å². The van der Waals surface area contributed by atoms with Crippen LogP contribution in [0.4, 0.5) is 5.69 Å². The molecule has 0 saturated heterocycles. The van der Waals surface area contributed by atoms with E-state index in [-0.39, 0.29) is 0 Å². The molecular formula is C24H27N3O3. The van der Waals surface area contributed by atoms with Crippen molar-refractivity contribution in [1.82, 2.24) is 5.32 Å². The molecule has 0 aliphatic rings. The molecule has 6 heteroatoms. The zero-order valence-electron chi connectivity index (χ0n) is 16.9. The van der Waals surface area contributed by atoms with Gasteiger partial charge in [-0.1, -0.05) is 54.6 Å². The number of nitrogens with two attached hydrogens (primary N) is 1. The number of hydrogen-bond donors (Lipinski definition) is 4. The van der Waals surface area contributed by atoms with Crippen molar-refractivity contribution in [3.63, 3.8) is 0 Å². The second-order valence-corrected chi connectivity index (χ2v) is 6.61. The lowest BCUT2D eigenvalue weighted by molar-refractivity contribution is -0.118. The van der Waals surface area contributed by atoms with E-state index in [1.54, 1.807) is 24.3 Å². The Morgan fingerprint density at radius 3 is 2.10 bits per heavy atom. The van der Waals surface area contributed by atoms with Crippen molar-refractivity contribution in [3.05, 3.63) is 90.0 Å². The maximum atomic E-state index is 11.2. The minimum atomic E-state index is -0.934. The summed E-state index contributed by atoms with van der Waals surface area (Å²) >= 11 is 0. The van der Waals surface area contributed by atoms with E-state index >= 15 is 0 Å². The number of nitrogens with one attached hydrogen (secondary N) is 2. The Labute approximate surface area is 176 Å². The van der Waals surface area contributed by atoms with E-state index in [1.807, 2.05) is 13.1 Å². The molecule has 6 nitrogen and oxygen atoms in total. The lowest BCUT2D eigenvalue weighted by atomic mass is 10.0. The van der Waals surface area contributed by atoms with E-state index in [9.17, 15) is 9.59 Å². The fraction of sp³-hybridized carbons (Fsp3) is 0.167. The van der Waals surface area contributed by atoms with Crippen LogP contribution in [-0.2, 0) is 11.3 Å². The Morgan fingerprint density at radius 1 is 0.967 bits per heavy atom. The second kappa shape index (κ2) is 12.3. The molecule has 0 heterocycles. The number of benzene rings is 3. The summed E-state index contributed by atoms with van der Waals surface area (Å²) in [5.41, 5.74) is 10.2. The number of hydrogen-bond acceptors (Lipinski definition) is 5. The van der Waals surface area contributed by atoms with Crippen LogP contribution in [0.15, 0.2) is 78.9 Å². The Bertz CT molecular complexity index is 911. The van der Waals surface area contributed by atoms with Crippen molar-refractivity contribution in [2.45, 2.75) is 12.6 Å². The van der Waals surface area contributed by atoms with E-state index in [0.717, 1.165) is 6.54 Å². The molecule has 1 amide bonds. The van der Waals surface area contributed by atoms with Gasteiger partial charge in [0.05, 0.1) is 6.61 Å². The molecule has 3 aromatic rings. The second-order valence-electron chi connectivity index (χ2n) is 6.61. The summed E-state index contributed by atoms with van der Waals surface area (Å²) in [7, 11) is 1.96. The van der Waals surface area contributed by atoms with E-state index in [1.165, 1.54) is 16.7 Å². The maximum Gasteiger partial charge on any atom is 0.243 e. The summed E-state index contributed by atoms with van der Waals surface area (Å²) in [4.78, 5) is 21.6. The van der Waals surface area contributed by atoms with Crippen molar-refractivity contribution >= 4 is 17.9 Å². The standard InChI is InChI=1S/C14H15N.C10H12N2O3/c1-15-11-12-7-9-14(10-8-12)13-5-3-2-4-6-13;11-9(6-14)10(15)12-8-3-1-7(5-13)2-4-8/h2-10,15H,11H2,1H3;1-5,9,14H,6,11H2,(H,12,15). The van der Waals surface area contributed by atoms with Gasteiger partial charge in [0.2, 0.25) is 5.91 Å². The zero-order chi connectivity index (χ0) is 21.8. The molecule has 0 bridgehead atoms. The van der Waals surface area contributed by atoms with Crippen LogP contribution in [-0.4, -0.2) is 37.0 Å². The number of carbonyl (C=O) groups is 2. The summed E-state index contributed by atoms with van der Waals surface area (Å²) in [6, 6.07) is 24.5.